The summed E-state index contributed by atoms with van der Waals surface area (Å²) in [4.78, 5) is 50.7. The van der Waals surface area contributed by atoms with Crippen molar-refractivity contribution in [3.8, 4) is 11.1 Å². The summed E-state index contributed by atoms with van der Waals surface area (Å²) in [5.41, 5.74) is 3.55. The molecule has 2 aromatic carbocycles. The van der Waals surface area contributed by atoms with Crippen LogP contribution in [0.5, 0.6) is 0 Å². The number of hydrogen-bond donors (Lipinski definition) is 0. The number of carbonyl (C=O) groups excluding carboxylic acids is 3. The number of amides is 3. The van der Waals surface area contributed by atoms with Crippen LogP contribution in [-0.2, 0) is 4.79 Å². The van der Waals surface area contributed by atoms with Crippen LogP contribution in [-0.4, -0.2) is 89.3 Å². The lowest BCUT2D eigenvalue weighted by Crippen LogP contribution is -2.52. The first-order valence-electron chi connectivity index (χ1n) is 13.3. The van der Waals surface area contributed by atoms with Crippen LogP contribution >= 0.6 is 11.3 Å². The van der Waals surface area contributed by atoms with Crippen molar-refractivity contribution in [3.05, 3.63) is 70.7 Å². The number of anilines is 1. The lowest BCUT2D eigenvalue weighted by Gasteiger charge is -2.37. The van der Waals surface area contributed by atoms with E-state index in [1.807, 2.05) is 68.6 Å². The number of carbonyl (C=O) groups is 3. The van der Waals surface area contributed by atoms with E-state index in [1.54, 1.807) is 6.20 Å². The van der Waals surface area contributed by atoms with E-state index in [9.17, 15) is 14.4 Å². The molecule has 0 spiro atoms. The van der Waals surface area contributed by atoms with Crippen molar-refractivity contribution in [1.29, 1.82) is 0 Å². The van der Waals surface area contributed by atoms with Crippen molar-refractivity contribution in [3.63, 3.8) is 0 Å². The van der Waals surface area contributed by atoms with Gasteiger partial charge < -0.3 is 14.7 Å². The molecule has 0 bridgehead atoms. The fourth-order valence-electron chi connectivity index (χ4n) is 5.73. The Bertz CT molecular complexity index is 1330. The van der Waals surface area contributed by atoms with Gasteiger partial charge in [-0.3, -0.25) is 19.3 Å². The summed E-state index contributed by atoms with van der Waals surface area (Å²) in [5, 5.41) is 2.36. The molecule has 3 saturated heterocycles. The van der Waals surface area contributed by atoms with Gasteiger partial charge in [-0.05, 0) is 48.2 Å². The Morgan fingerprint density at radius 3 is 2.29 bits per heavy atom. The fourth-order valence-corrected chi connectivity index (χ4v) is 6.33. The summed E-state index contributed by atoms with van der Waals surface area (Å²) in [6.45, 7) is 5.08. The van der Waals surface area contributed by atoms with E-state index < -0.39 is 0 Å². The van der Waals surface area contributed by atoms with Crippen molar-refractivity contribution in [2.75, 3.05) is 50.7 Å². The topological polar surface area (TPSA) is 77.1 Å². The molecule has 3 aliphatic rings. The van der Waals surface area contributed by atoms with Crippen molar-refractivity contribution >= 4 is 34.7 Å². The smallest absolute Gasteiger partial charge is 0.282 e. The molecule has 0 N–H and O–H groups in total. The highest BCUT2D eigenvalue weighted by Gasteiger charge is 2.36. The standard InChI is InChI=1S/C29H31N5O3S/c35-26-19-25(31-12-14-33(15-13-31)29(37)27-30-9-16-38-27)20-34(26)24-8-4-6-22(18-24)21-5-3-7-23(17-21)28(36)32-10-1-2-11-32/h3-9,16-18,25H,1-2,10-15,19-20H2. The Morgan fingerprint density at radius 2 is 1.55 bits per heavy atom. The highest BCUT2D eigenvalue weighted by molar-refractivity contribution is 7.11. The van der Waals surface area contributed by atoms with Gasteiger partial charge in [-0.2, -0.15) is 0 Å². The Balaban J connectivity index is 1.12. The molecule has 0 saturated carbocycles. The molecule has 3 fully saturated rings. The minimum Gasteiger partial charge on any atom is -0.339 e. The van der Waals surface area contributed by atoms with E-state index in [4.69, 9.17) is 0 Å². The van der Waals surface area contributed by atoms with E-state index >= 15 is 0 Å². The van der Waals surface area contributed by atoms with Crippen molar-refractivity contribution in [2.45, 2.75) is 25.3 Å². The third kappa shape index (κ3) is 4.96. The maximum absolute atomic E-state index is 13.1. The molecule has 38 heavy (non-hydrogen) atoms. The number of piperazine rings is 1. The number of aromatic nitrogens is 1. The van der Waals surface area contributed by atoms with Gasteiger partial charge in [-0.15, -0.1) is 11.3 Å². The molecule has 4 heterocycles. The van der Waals surface area contributed by atoms with Crippen molar-refractivity contribution < 1.29 is 14.4 Å². The SMILES string of the molecule is O=C(c1cccc(-c2cccc(N3CC(N4CCN(C(=O)c5nccs5)CC4)CC3=O)c2)c1)N1CCCC1. The number of likely N-dealkylation sites (tertiary alicyclic amines) is 1. The summed E-state index contributed by atoms with van der Waals surface area (Å²) < 4.78 is 0. The van der Waals surface area contributed by atoms with Crippen molar-refractivity contribution in [2.24, 2.45) is 0 Å². The predicted octanol–water partition coefficient (Wildman–Crippen LogP) is 3.61. The average Bonchev–Trinajstić information content (AvgIpc) is 3.75. The molecule has 3 aliphatic heterocycles. The van der Waals surface area contributed by atoms with Crippen LogP contribution in [0.4, 0.5) is 5.69 Å². The van der Waals surface area contributed by atoms with Crippen molar-refractivity contribution in [1.82, 2.24) is 19.7 Å². The van der Waals surface area contributed by atoms with Gasteiger partial charge in [0, 0.05) is 81.1 Å². The Kier molecular flexibility index (Phi) is 6.95. The summed E-state index contributed by atoms with van der Waals surface area (Å²) in [7, 11) is 0. The van der Waals surface area contributed by atoms with Crippen LogP contribution in [0.2, 0.25) is 0 Å². The van der Waals surface area contributed by atoms with Gasteiger partial charge in [0.2, 0.25) is 5.91 Å². The zero-order valence-corrected chi connectivity index (χ0v) is 22.1. The molecule has 3 aromatic rings. The molecule has 9 heteroatoms. The first kappa shape index (κ1) is 24.8. The molecule has 0 aliphatic carbocycles. The largest absolute Gasteiger partial charge is 0.339 e. The average molecular weight is 530 g/mol. The highest BCUT2D eigenvalue weighted by atomic mass is 32.1. The first-order chi connectivity index (χ1) is 18.6. The lowest BCUT2D eigenvalue weighted by atomic mass is 10.0. The predicted molar refractivity (Wildman–Crippen MR) is 147 cm³/mol. The van der Waals surface area contributed by atoms with E-state index in [0.29, 0.717) is 36.6 Å². The molecule has 196 valence electrons. The Hall–Kier alpha value is -3.56. The highest BCUT2D eigenvalue weighted by Crippen LogP contribution is 2.30. The van der Waals surface area contributed by atoms with Gasteiger partial charge in [-0.1, -0.05) is 24.3 Å². The van der Waals surface area contributed by atoms with E-state index in [-0.39, 0.29) is 23.8 Å². The lowest BCUT2D eigenvalue weighted by molar-refractivity contribution is -0.117. The Morgan fingerprint density at radius 1 is 0.842 bits per heavy atom. The summed E-state index contributed by atoms with van der Waals surface area (Å²) in [6.07, 6.45) is 4.27. The number of benzene rings is 2. The van der Waals surface area contributed by atoms with Gasteiger partial charge in [-0.25, -0.2) is 4.98 Å². The maximum atomic E-state index is 13.1. The van der Waals surface area contributed by atoms with Crippen LogP contribution < -0.4 is 4.90 Å². The zero-order chi connectivity index (χ0) is 26.1. The van der Waals surface area contributed by atoms with Gasteiger partial charge in [0.1, 0.15) is 0 Å². The zero-order valence-electron chi connectivity index (χ0n) is 21.3. The van der Waals surface area contributed by atoms with Crippen LogP contribution in [0, 0.1) is 0 Å². The Labute approximate surface area is 226 Å². The fraction of sp³-hybridized carbons (Fsp3) is 0.379. The van der Waals surface area contributed by atoms with E-state index in [1.165, 1.54) is 11.3 Å². The number of thiazole rings is 1. The van der Waals surface area contributed by atoms with Gasteiger partial charge in [0.05, 0.1) is 0 Å². The van der Waals surface area contributed by atoms with Crippen LogP contribution in [0.25, 0.3) is 11.1 Å². The molecule has 3 amide bonds. The van der Waals surface area contributed by atoms with Gasteiger partial charge in [0.15, 0.2) is 5.01 Å². The maximum Gasteiger partial charge on any atom is 0.282 e. The summed E-state index contributed by atoms with van der Waals surface area (Å²) in [6, 6.07) is 15.9. The van der Waals surface area contributed by atoms with Gasteiger partial charge in [0.25, 0.3) is 11.8 Å². The second-order valence-electron chi connectivity index (χ2n) is 10.2. The number of nitrogens with zero attached hydrogens (tertiary/aromatic N) is 5. The minimum atomic E-state index is -0.00760. The third-order valence-corrected chi connectivity index (χ3v) is 8.59. The molecule has 0 radical (unpaired) electrons. The van der Waals surface area contributed by atoms with Crippen LogP contribution in [0.1, 0.15) is 39.4 Å². The number of hydrogen-bond acceptors (Lipinski definition) is 6. The first-order valence-corrected chi connectivity index (χ1v) is 14.2. The normalized spacial score (nSPS) is 20.4. The minimum absolute atomic E-state index is 0.00760. The summed E-state index contributed by atoms with van der Waals surface area (Å²) in [5.74, 6) is 0.199. The number of rotatable bonds is 5. The molecular weight excluding hydrogens is 498 g/mol. The third-order valence-electron chi connectivity index (χ3n) is 7.83. The van der Waals surface area contributed by atoms with Crippen LogP contribution in [0.3, 0.4) is 0 Å². The van der Waals surface area contributed by atoms with E-state index in [2.05, 4.69) is 9.88 Å². The van der Waals surface area contributed by atoms with Crippen LogP contribution in [0.15, 0.2) is 60.1 Å². The molecule has 8 nitrogen and oxygen atoms in total. The summed E-state index contributed by atoms with van der Waals surface area (Å²) >= 11 is 1.37. The van der Waals surface area contributed by atoms with Gasteiger partial charge >= 0.3 is 0 Å². The quantitative estimate of drug-likeness (QED) is 0.505. The molecular formula is C29H31N5O3S. The molecule has 1 unspecified atom stereocenters. The second-order valence-corrected chi connectivity index (χ2v) is 11.1. The molecule has 6 rings (SSSR count). The van der Waals surface area contributed by atoms with E-state index in [0.717, 1.165) is 55.8 Å². The monoisotopic (exact) mass is 529 g/mol. The molecule has 1 atom stereocenters. The second kappa shape index (κ2) is 10.7. The molecule has 1 aromatic heterocycles.